The van der Waals surface area contributed by atoms with Crippen LogP contribution in [0, 0.1) is 0 Å². The van der Waals surface area contributed by atoms with E-state index in [-0.39, 0.29) is 6.10 Å². The highest BCUT2D eigenvalue weighted by Crippen LogP contribution is 2.53. The van der Waals surface area contributed by atoms with Crippen molar-refractivity contribution >= 4 is 7.37 Å². The molecule has 0 saturated heterocycles. The first-order valence-electron chi connectivity index (χ1n) is 3.94. The van der Waals surface area contributed by atoms with Gasteiger partial charge >= 0.3 is 0 Å². The van der Waals surface area contributed by atoms with Crippen LogP contribution in [0.5, 0.6) is 0 Å². The van der Waals surface area contributed by atoms with Gasteiger partial charge in [0.2, 0.25) is 7.37 Å². The smallest absolute Gasteiger partial charge is 0.210 e. The van der Waals surface area contributed by atoms with E-state index in [1.165, 1.54) is 5.57 Å². The molecule has 2 nitrogen and oxygen atoms in total. The first-order chi connectivity index (χ1) is 5.02. The minimum Gasteiger partial charge on any atom is -0.325 e. The molecule has 1 rings (SSSR count). The van der Waals surface area contributed by atoms with Crippen molar-refractivity contribution in [2.75, 3.05) is 12.3 Å². The molecule has 0 aromatic heterocycles. The topological polar surface area (TPSA) is 26.3 Å². The molecule has 0 radical (unpaired) electrons. The molecule has 0 aromatic rings. The molecular formula is C8H15O2P. The summed E-state index contributed by atoms with van der Waals surface area (Å²) in [4.78, 5) is 0. The van der Waals surface area contributed by atoms with Gasteiger partial charge in [0.15, 0.2) is 0 Å². The Morgan fingerprint density at radius 3 is 2.64 bits per heavy atom. The fraction of sp³-hybridized carbons (Fsp3) is 0.750. The van der Waals surface area contributed by atoms with Gasteiger partial charge in [-0.2, -0.15) is 0 Å². The zero-order chi connectivity index (χ0) is 8.48. The van der Waals surface area contributed by atoms with Crippen LogP contribution >= 0.6 is 7.37 Å². The molecule has 64 valence electrons. The van der Waals surface area contributed by atoms with Crippen molar-refractivity contribution in [2.45, 2.75) is 26.9 Å². The zero-order valence-corrected chi connectivity index (χ0v) is 8.23. The fourth-order valence-electron chi connectivity index (χ4n) is 1.27. The van der Waals surface area contributed by atoms with Crippen LogP contribution in [0.2, 0.25) is 0 Å². The van der Waals surface area contributed by atoms with E-state index in [9.17, 15) is 4.57 Å². The van der Waals surface area contributed by atoms with Crippen LogP contribution in [0.25, 0.3) is 0 Å². The van der Waals surface area contributed by atoms with Gasteiger partial charge in [0.25, 0.3) is 0 Å². The lowest BCUT2D eigenvalue weighted by molar-refractivity contribution is 0.246. The SMILES string of the molecule is CC1=CC[P@](=O)(OC(C)C)C1. The molecule has 0 aromatic carbocycles. The van der Waals surface area contributed by atoms with Crippen molar-refractivity contribution in [3.05, 3.63) is 11.6 Å². The highest BCUT2D eigenvalue weighted by Gasteiger charge is 2.28. The molecule has 1 heterocycles. The summed E-state index contributed by atoms with van der Waals surface area (Å²) in [6.45, 7) is 5.85. The Balaban J connectivity index is 2.53. The first kappa shape index (κ1) is 9.02. The predicted molar refractivity (Wildman–Crippen MR) is 47.3 cm³/mol. The van der Waals surface area contributed by atoms with E-state index in [0.717, 1.165) is 0 Å². The van der Waals surface area contributed by atoms with E-state index in [2.05, 4.69) is 0 Å². The lowest BCUT2D eigenvalue weighted by atomic mass is 10.3. The summed E-state index contributed by atoms with van der Waals surface area (Å²) in [5.41, 5.74) is 1.20. The lowest BCUT2D eigenvalue weighted by Gasteiger charge is -2.15. The molecule has 0 unspecified atom stereocenters. The van der Waals surface area contributed by atoms with Gasteiger partial charge in [0, 0.05) is 12.3 Å². The van der Waals surface area contributed by atoms with Gasteiger partial charge in [-0.15, -0.1) is 0 Å². The average Bonchev–Trinajstić information content (AvgIpc) is 2.08. The Bertz CT molecular complexity index is 218. The van der Waals surface area contributed by atoms with Gasteiger partial charge in [0.1, 0.15) is 0 Å². The average molecular weight is 174 g/mol. The van der Waals surface area contributed by atoms with Crippen LogP contribution in [-0.4, -0.2) is 18.4 Å². The summed E-state index contributed by atoms with van der Waals surface area (Å²) in [5.74, 6) is 0. The summed E-state index contributed by atoms with van der Waals surface area (Å²) in [6, 6.07) is 0. The van der Waals surface area contributed by atoms with Crippen molar-refractivity contribution in [2.24, 2.45) is 0 Å². The van der Waals surface area contributed by atoms with E-state index >= 15 is 0 Å². The molecule has 0 amide bonds. The van der Waals surface area contributed by atoms with E-state index < -0.39 is 7.37 Å². The van der Waals surface area contributed by atoms with Crippen LogP contribution in [0.4, 0.5) is 0 Å². The Morgan fingerprint density at radius 1 is 1.64 bits per heavy atom. The van der Waals surface area contributed by atoms with Gasteiger partial charge < -0.3 is 4.52 Å². The predicted octanol–water partition coefficient (Wildman–Crippen LogP) is 2.65. The molecule has 11 heavy (non-hydrogen) atoms. The van der Waals surface area contributed by atoms with Gasteiger partial charge in [-0.25, -0.2) is 0 Å². The maximum atomic E-state index is 11.8. The third kappa shape index (κ3) is 2.46. The lowest BCUT2D eigenvalue weighted by Crippen LogP contribution is -2.02. The van der Waals surface area contributed by atoms with Gasteiger partial charge in [-0.3, -0.25) is 4.57 Å². The second-order valence-electron chi connectivity index (χ2n) is 3.36. The monoisotopic (exact) mass is 174 g/mol. The Morgan fingerprint density at radius 2 is 2.27 bits per heavy atom. The Hall–Kier alpha value is -0.0700. The van der Waals surface area contributed by atoms with E-state index in [1.807, 2.05) is 26.8 Å². The van der Waals surface area contributed by atoms with Crippen LogP contribution in [0.1, 0.15) is 20.8 Å². The molecule has 0 spiro atoms. The molecule has 1 aliphatic rings. The summed E-state index contributed by atoms with van der Waals surface area (Å²) in [7, 11) is -2.27. The third-order valence-corrected chi connectivity index (χ3v) is 4.14. The number of rotatable bonds is 2. The summed E-state index contributed by atoms with van der Waals surface area (Å²) in [6.07, 6.45) is 3.39. The quantitative estimate of drug-likeness (QED) is 0.475. The molecule has 1 aliphatic heterocycles. The van der Waals surface area contributed by atoms with Crippen molar-refractivity contribution in [3.63, 3.8) is 0 Å². The minimum absolute atomic E-state index is 0.0835. The third-order valence-electron chi connectivity index (χ3n) is 1.61. The normalized spacial score (nSPS) is 31.1. The molecule has 0 N–H and O–H groups in total. The van der Waals surface area contributed by atoms with E-state index in [0.29, 0.717) is 12.3 Å². The molecule has 0 saturated carbocycles. The summed E-state index contributed by atoms with van der Waals surface area (Å²) >= 11 is 0. The summed E-state index contributed by atoms with van der Waals surface area (Å²) in [5, 5.41) is 0. The van der Waals surface area contributed by atoms with Gasteiger partial charge in [-0.1, -0.05) is 11.6 Å². The number of hydrogen-bond acceptors (Lipinski definition) is 2. The van der Waals surface area contributed by atoms with Gasteiger partial charge in [0.05, 0.1) is 6.10 Å². The van der Waals surface area contributed by atoms with Crippen molar-refractivity contribution in [1.29, 1.82) is 0 Å². The Kier molecular flexibility index (Phi) is 2.56. The van der Waals surface area contributed by atoms with Gasteiger partial charge in [-0.05, 0) is 20.8 Å². The van der Waals surface area contributed by atoms with E-state index in [4.69, 9.17) is 4.52 Å². The second kappa shape index (κ2) is 3.12. The molecule has 0 aliphatic carbocycles. The maximum Gasteiger partial charge on any atom is 0.210 e. The van der Waals surface area contributed by atoms with Crippen LogP contribution < -0.4 is 0 Å². The van der Waals surface area contributed by atoms with Crippen LogP contribution in [0.3, 0.4) is 0 Å². The largest absolute Gasteiger partial charge is 0.325 e. The summed E-state index contributed by atoms with van der Waals surface area (Å²) < 4.78 is 17.1. The minimum atomic E-state index is -2.27. The molecular weight excluding hydrogens is 159 g/mol. The maximum absolute atomic E-state index is 11.8. The van der Waals surface area contributed by atoms with E-state index in [1.54, 1.807) is 0 Å². The highest BCUT2D eigenvalue weighted by atomic mass is 31.2. The standard InChI is InChI=1S/C8H15O2P/c1-7(2)10-11(9)5-4-8(3)6-11/h4,7H,5-6H2,1-3H3/t11-/m0/s1. The highest BCUT2D eigenvalue weighted by molar-refractivity contribution is 7.59. The van der Waals surface area contributed by atoms with Crippen molar-refractivity contribution in [3.8, 4) is 0 Å². The first-order valence-corrected chi connectivity index (χ1v) is 5.93. The fourth-order valence-corrected chi connectivity index (χ4v) is 3.81. The zero-order valence-electron chi connectivity index (χ0n) is 7.33. The molecule has 0 bridgehead atoms. The van der Waals surface area contributed by atoms with Crippen molar-refractivity contribution < 1.29 is 9.09 Å². The van der Waals surface area contributed by atoms with Crippen LogP contribution in [0.15, 0.2) is 11.6 Å². The number of hydrogen-bond donors (Lipinski definition) is 0. The van der Waals surface area contributed by atoms with Crippen molar-refractivity contribution in [1.82, 2.24) is 0 Å². The van der Waals surface area contributed by atoms with Crippen LogP contribution in [-0.2, 0) is 9.09 Å². The second-order valence-corrected chi connectivity index (χ2v) is 5.88. The molecule has 1 atom stereocenters. The molecule has 3 heteroatoms. The molecule has 0 fully saturated rings. The Labute approximate surface area is 68.1 Å². The number of allylic oxidation sites excluding steroid dienone is 2.